The minimum Gasteiger partial charge on any atom is -0.444 e. The van der Waals surface area contributed by atoms with Gasteiger partial charge in [-0.25, -0.2) is 4.79 Å². The van der Waals surface area contributed by atoms with Crippen LogP contribution in [0, 0.1) is 0 Å². The lowest BCUT2D eigenvalue weighted by atomic mass is 9.99. The topological polar surface area (TPSA) is 64.8 Å². The third-order valence-electron chi connectivity index (χ3n) is 2.65. The molecule has 1 atom stereocenters. The monoisotopic (exact) mass is 244 g/mol. The summed E-state index contributed by atoms with van der Waals surface area (Å²) in [4.78, 5) is 13.9. The van der Waals surface area contributed by atoms with Crippen molar-refractivity contribution in [2.75, 3.05) is 19.8 Å². The molecule has 0 saturated carbocycles. The van der Waals surface area contributed by atoms with Gasteiger partial charge < -0.3 is 15.2 Å². The number of nitrogens with two attached hydrogens (primary N) is 1. The zero-order valence-corrected chi connectivity index (χ0v) is 11.4. The van der Waals surface area contributed by atoms with Gasteiger partial charge in [0.05, 0.1) is 24.8 Å². The summed E-state index contributed by atoms with van der Waals surface area (Å²) in [6.45, 7) is 10.8. The van der Waals surface area contributed by atoms with E-state index < -0.39 is 5.60 Å². The molecule has 5 heteroatoms. The molecule has 0 aliphatic carbocycles. The number of carbonyl (C=O) groups is 1. The van der Waals surface area contributed by atoms with Gasteiger partial charge in [0.15, 0.2) is 0 Å². The quantitative estimate of drug-likeness (QED) is 0.756. The highest BCUT2D eigenvalue weighted by atomic mass is 16.6. The van der Waals surface area contributed by atoms with Crippen molar-refractivity contribution in [3.63, 3.8) is 0 Å². The Balaban J connectivity index is 2.85. The second kappa shape index (κ2) is 4.82. The molecule has 2 N–H and O–H groups in total. The largest absolute Gasteiger partial charge is 0.444 e. The van der Waals surface area contributed by atoms with Crippen LogP contribution >= 0.6 is 0 Å². The fourth-order valence-corrected chi connectivity index (χ4v) is 1.96. The Morgan fingerprint density at radius 3 is 2.59 bits per heavy atom. The maximum atomic E-state index is 12.2. The molecule has 0 spiro atoms. The molecule has 0 bridgehead atoms. The minimum atomic E-state index is -0.495. The van der Waals surface area contributed by atoms with E-state index in [0.717, 1.165) is 0 Å². The number of amides is 1. The van der Waals surface area contributed by atoms with Gasteiger partial charge in [-0.05, 0) is 34.6 Å². The van der Waals surface area contributed by atoms with Crippen LogP contribution in [0.15, 0.2) is 0 Å². The summed E-state index contributed by atoms with van der Waals surface area (Å²) >= 11 is 0. The Bertz CT molecular complexity index is 284. The molecule has 1 aliphatic rings. The van der Waals surface area contributed by atoms with Gasteiger partial charge in [0, 0.05) is 6.54 Å². The summed E-state index contributed by atoms with van der Waals surface area (Å²) in [5.74, 6) is 0. The van der Waals surface area contributed by atoms with Crippen LogP contribution in [0.3, 0.4) is 0 Å². The second-order valence-corrected chi connectivity index (χ2v) is 6.07. The highest BCUT2D eigenvalue weighted by molar-refractivity contribution is 5.69. The van der Waals surface area contributed by atoms with Crippen LogP contribution in [0.5, 0.6) is 0 Å². The van der Waals surface area contributed by atoms with Crippen molar-refractivity contribution >= 4 is 6.09 Å². The number of hydrogen-bond donors (Lipinski definition) is 1. The maximum Gasteiger partial charge on any atom is 0.411 e. The summed E-state index contributed by atoms with van der Waals surface area (Å²) in [6.07, 6.45) is -0.318. The van der Waals surface area contributed by atoms with Crippen LogP contribution < -0.4 is 5.73 Å². The fourth-order valence-electron chi connectivity index (χ4n) is 1.96. The molecule has 0 unspecified atom stereocenters. The summed E-state index contributed by atoms with van der Waals surface area (Å²) in [5, 5.41) is 0. The van der Waals surface area contributed by atoms with Crippen molar-refractivity contribution in [2.45, 2.75) is 51.8 Å². The predicted octanol–water partition coefficient (Wildman–Crippen LogP) is 1.36. The van der Waals surface area contributed by atoms with Crippen molar-refractivity contribution in [1.82, 2.24) is 4.90 Å². The van der Waals surface area contributed by atoms with E-state index in [1.807, 2.05) is 34.6 Å². The third-order valence-corrected chi connectivity index (χ3v) is 2.65. The molecule has 1 amide bonds. The smallest absolute Gasteiger partial charge is 0.411 e. The van der Waals surface area contributed by atoms with E-state index in [-0.39, 0.29) is 17.7 Å². The van der Waals surface area contributed by atoms with E-state index in [1.165, 1.54) is 0 Å². The molecule has 0 aromatic rings. The van der Waals surface area contributed by atoms with Crippen molar-refractivity contribution in [3.8, 4) is 0 Å². The lowest BCUT2D eigenvalue weighted by Crippen LogP contribution is -2.63. The fraction of sp³-hybridized carbons (Fsp3) is 0.917. The van der Waals surface area contributed by atoms with Crippen molar-refractivity contribution < 1.29 is 14.3 Å². The zero-order chi connectivity index (χ0) is 13.3. The first kappa shape index (κ1) is 14.3. The maximum absolute atomic E-state index is 12.2. The third kappa shape index (κ3) is 3.57. The number of nitrogens with zero attached hydrogens (tertiary/aromatic N) is 1. The van der Waals surface area contributed by atoms with E-state index in [1.54, 1.807) is 4.90 Å². The van der Waals surface area contributed by atoms with E-state index in [9.17, 15) is 4.79 Å². The highest BCUT2D eigenvalue weighted by Crippen LogP contribution is 2.25. The Hall–Kier alpha value is -0.810. The predicted molar refractivity (Wildman–Crippen MR) is 65.8 cm³/mol. The second-order valence-electron chi connectivity index (χ2n) is 6.07. The molecular formula is C12H24N2O3. The Morgan fingerprint density at radius 2 is 2.12 bits per heavy atom. The molecule has 1 rings (SSSR count). The summed E-state index contributed by atoms with van der Waals surface area (Å²) < 4.78 is 10.9. The van der Waals surface area contributed by atoms with Crippen LogP contribution in [0.25, 0.3) is 0 Å². The van der Waals surface area contributed by atoms with Gasteiger partial charge in [-0.15, -0.1) is 0 Å². The number of carbonyl (C=O) groups excluding carboxylic acids is 1. The van der Waals surface area contributed by atoms with Crippen molar-refractivity contribution in [1.29, 1.82) is 0 Å². The molecule has 0 aromatic carbocycles. The van der Waals surface area contributed by atoms with Gasteiger partial charge in [0.25, 0.3) is 0 Å². The van der Waals surface area contributed by atoms with E-state index in [2.05, 4.69) is 0 Å². The van der Waals surface area contributed by atoms with Crippen LogP contribution in [0.4, 0.5) is 4.79 Å². The summed E-state index contributed by atoms with van der Waals surface area (Å²) in [5.41, 5.74) is 4.81. The van der Waals surface area contributed by atoms with E-state index in [0.29, 0.717) is 19.8 Å². The van der Waals surface area contributed by atoms with Crippen LogP contribution in [0.1, 0.15) is 34.6 Å². The first-order chi connectivity index (χ1) is 7.67. The van der Waals surface area contributed by atoms with Crippen molar-refractivity contribution in [3.05, 3.63) is 0 Å². The number of morpholine rings is 1. The number of rotatable bonds is 1. The molecule has 5 nitrogen and oxygen atoms in total. The van der Waals surface area contributed by atoms with E-state index >= 15 is 0 Å². The lowest BCUT2D eigenvalue weighted by molar-refractivity contribution is -0.0888. The molecular weight excluding hydrogens is 220 g/mol. The summed E-state index contributed by atoms with van der Waals surface area (Å²) in [6, 6.07) is -0.117. The average Bonchev–Trinajstić information content (AvgIpc) is 2.12. The van der Waals surface area contributed by atoms with Gasteiger partial charge in [-0.2, -0.15) is 0 Å². The molecule has 0 radical (unpaired) electrons. The van der Waals surface area contributed by atoms with Gasteiger partial charge >= 0.3 is 6.09 Å². The van der Waals surface area contributed by atoms with Gasteiger partial charge in [-0.3, -0.25) is 4.90 Å². The van der Waals surface area contributed by atoms with Crippen LogP contribution in [-0.4, -0.2) is 47.9 Å². The normalized spacial score (nSPS) is 24.6. The standard InChI is InChI=1S/C12H24N2O3/c1-11(2,3)17-10(15)14-9(6-13)7-16-8-12(14,4)5/h9H,6-8,13H2,1-5H3/t9-/m1/s1. The molecule has 1 fully saturated rings. The van der Waals surface area contributed by atoms with Crippen LogP contribution in [0.2, 0.25) is 0 Å². The average molecular weight is 244 g/mol. The first-order valence-electron chi connectivity index (χ1n) is 5.97. The van der Waals surface area contributed by atoms with Crippen LogP contribution in [-0.2, 0) is 9.47 Å². The SMILES string of the molecule is CC(C)(C)OC(=O)N1[C@H](CN)COCC1(C)C. The first-order valence-corrected chi connectivity index (χ1v) is 5.97. The number of hydrogen-bond acceptors (Lipinski definition) is 4. The Morgan fingerprint density at radius 1 is 1.53 bits per heavy atom. The molecule has 0 aromatic heterocycles. The van der Waals surface area contributed by atoms with Crippen molar-refractivity contribution in [2.24, 2.45) is 5.73 Å². The minimum absolute atomic E-state index is 0.117. The van der Waals surface area contributed by atoms with E-state index in [4.69, 9.17) is 15.2 Å². The van der Waals surface area contributed by atoms with Gasteiger partial charge in [0.1, 0.15) is 5.60 Å². The molecule has 1 aliphatic heterocycles. The Labute approximate surface area is 103 Å². The zero-order valence-electron chi connectivity index (χ0n) is 11.4. The van der Waals surface area contributed by atoms with Gasteiger partial charge in [-0.1, -0.05) is 0 Å². The molecule has 1 heterocycles. The number of ether oxygens (including phenoxy) is 2. The summed E-state index contributed by atoms with van der Waals surface area (Å²) in [7, 11) is 0. The Kier molecular flexibility index (Phi) is 4.04. The lowest BCUT2D eigenvalue weighted by Gasteiger charge is -2.46. The molecule has 1 saturated heterocycles. The van der Waals surface area contributed by atoms with Gasteiger partial charge in [0.2, 0.25) is 0 Å². The molecule has 17 heavy (non-hydrogen) atoms. The molecule has 100 valence electrons. The highest BCUT2D eigenvalue weighted by Gasteiger charge is 2.41.